The lowest BCUT2D eigenvalue weighted by Gasteiger charge is -2.29. The fraction of sp³-hybridized carbons (Fsp3) is 0.556. The van der Waals surface area contributed by atoms with Crippen LogP contribution in [0.4, 0.5) is 0 Å². The highest BCUT2D eigenvalue weighted by Gasteiger charge is 2.16. The summed E-state index contributed by atoms with van der Waals surface area (Å²) in [6.07, 6.45) is 6.15. The lowest BCUT2D eigenvalue weighted by molar-refractivity contribution is 0.206. The van der Waals surface area contributed by atoms with E-state index >= 15 is 0 Å². The summed E-state index contributed by atoms with van der Waals surface area (Å²) in [4.78, 5) is 2.46. The topological polar surface area (TPSA) is 20.2 Å². The molecule has 1 aromatic heterocycles. The lowest BCUT2D eigenvalue weighted by atomic mass is 9.98. The van der Waals surface area contributed by atoms with Crippen molar-refractivity contribution in [2.24, 2.45) is 5.92 Å². The second-order valence-corrected chi connectivity index (χ2v) is 6.40. The smallest absolute Gasteiger partial charge is 0.0480 e. The zero-order chi connectivity index (χ0) is 14.5. The molecule has 1 saturated heterocycles. The standard InChI is InChI=1S/C18H27N3/c1-20-11-4-6-16(15-20)14-19-10-5-12-21-13-9-17-7-2-3-8-18(17)21/h2-3,7-9,13,16,19H,4-6,10-12,14-15H2,1H3. The molecule has 0 bridgehead atoms. The van der Waals surface area contributed by atoms with Crippen molar-refractivity contribution >= 4 is 10.9 Å². The fourth-order valence-corrected chi connectivity index (χ4v) is 3.46. The summed E-state index contributed by atoms with van der Waals surface area (Å²) in [5, 5.41) is 4.99. The Kier molecular flexibility index (Phi) is 4.94. The summed E-state index contributed by atoms with van der Waals surface area (Å²) in [6, 6.07) is 10.8. The maximum absolute atomic E-state index is 3.65. The molecule has 1 N–H and O–H groups in total. The van der Waals surface area contributed by atoms with Crippen molar-refractivity contribution in [3.05, 3.63) is 36.5 Å². The number of likely N-dealkylation sites (tertiary alicyclic amines) is 1. The molecule has 0 aliphatic carbocycles. The molecule has 1 unspecified atom stereocenters. The number of para-hydroxylation sites is 1. The number of aryl methyl sites for hydroxylation is 1. The number of fused-ring (bicyclic) bond motifs is 1. The van der Waals surface area contributed by atoms with Crippen LogP contribution in [0.2, 0.25) is 0 Å². The number of rotatable bonds is 6. The van der Waals surface area contributed by atoms with E-state index in [1.165, 1.54) is 49.8 Å². The zero-order valence-corrected chi connectivity index (χ0v) is 13.1. The largest absolute Gasteiger partial charge is 0.347 e. The van der Waals surface area contributed by atoms with Crippen LogP contribution in [0.1, 0.15) is 19.3 Å². The van der Waals surface area contributed by atoms with E-state index in [1.807, 2.05) is 0 Å². The summed E-state index contributed by atoms with van der Waals surface area (Å²) in [7, 11) is 2.24. The number of nitrogens with zero attached hydrogens (tertiary/aromatic N) is 2. The molecule has 2 heterocycles. The van der Waals surface area contributed by atoms with Gasteiger partial charge in [0, 0.05) is 24.8 Å². The van der Waals surface area contributed by atoms with Crippen LogP contribution in [0.25, 0.3) is 10.9 Å². The summed E-state index contributed by atoms with van der Waals surface area (Å²) < 4.78 is 2.37. The van der Waals surface area contributed by atoms with Crippen LogP contribution in [0, 0.1) is 5.92 Å². The normalized spacial score (nSPS) is 20.1. The van der Waals surface area contributed by atoms with Crippen molar-refractivity contribution in [3.63, 3.8) is 0 Å². The van der Waals surface area contributed by atoms with Gasteiger partial charge in [0.25, 0.3) is 0 Å². The highest BCUT2D eigenvalue weighted by atomic mass is 15.1. The third-order valence-corrected chi connectivity index (χ3v) is 4.59. The Bertz CT molecular complexity index is 560. The molecule has 1 fully saturated rings. The van der Waals surface area contributed by atoms with E-state index in [2.05, 4.69) is 58.4 Å². The molecule has 114 valence electrons. The van der Waals surface area contributed by atoms with Gasteiger partial charge in [-0.25, -0.2) is 0 Å². The molecule has 0 saturated carbocycles. The van der Waals surface area contributed by atoms with E-state index in [-0.39, 0.29) is 0 Å². The molecule has 0 radical (unpaired) electrons. The third kappa shape index (κ3) is 3.86. The summed E-state index contributed by atoms with van der Waals surface area (Å²) >= 11 is 0. The number of nitrogens with one attached hydrogen (secondary N) is 1. The van der Waals surface area contributed by atoms with Crippen LogP contribution in [-0.4, -0.2) is 42.7 Å². The molecule has 2 aromatic rings. The minimum atomic E-state index is 0.844. The van der Waals surface area contributed by atoms with Crippen LogP contribution in [0.5, 0.6) is 0 Å². The zero-order valence-electron chi connectivity index (χ0n) is 13.1. The maximum atomic E-state index is 3.65. The molecule has 21 heavy (non-hydrogen) atoms. The van der Waals surface area contributed by atoms with Gasteiger partial charge in [0.15, 0.2) is 0 Å². The van der Waals surface area contributed by atoms with Crippen molar-refractivity contribution in [1.29, 1.82) is 0 Å². The van der Waals surface area contributed by atoms with Gasteiger partial charge in [-0.3, -0.25) is 0 Å². The van der Waals surface area contributed by atoms with Crippen LogP contribution in [0.3, 0.4) is 0 Å². The second kappa shape index (κ2) is 7.10. The van der Waals surface area contributed by atoms with E-state index in [0.29, 0.717) is 0 Å². The van der Waals surface area contributed by atoms with Gasteiger partial charge >= 0.3 is 0 Å². The van der Waals surface area contributed by atoms with Gasteiger partial charge < -0.3 is 14.8 Å². The Hall–Kier alpha value is -1.32. The highest BCUT2D eigenvalue weighted by molar-refractivity contribution is 5.79. The molecule has 0 spiro atoms. The number of piperidine rings is 1. The SMILES string of the molecule is CN1CCCC(CNCCCn2ccc3ccccc32)C1. The Labute approximate surface area is 127 Å². The lowest BCUT2D eigenvalue weighted by Crippen LogP contribution is -2.37. The molecule has 1 aliphatic rings. The molecule has 0 amide bonds. The first-order valence-corrected chi connectivity index (χ1v) is 8.26. The van der Waals surface area contributed by atoms with Crippen LogP contribution < -0.4 is 5.32 Å². The first-order chi connectivity index (χ1) is 10.3. The Balaban J connectivity index is 1.38. The van der Waals surface area contributed by atoms with Crippen molar-refractivity contribution in [2.75, 3.05) is 33.2 Å². The van der Waals surface area contributed by atoms with Gasteiger partial charge in [0.2, 0.25) is 0 Å². The van der Waals surface area contributed by atoms with E-state index in [0.717, 1.165) is 19.0 Å². The first-order valence-electron chi connectivity index (χ1n) is 8.26. The molecule has 3 nitrogen and oxygen atoms in total. The second-order valence-electron chi connectivity index (χ2n) is 6.40. The molecule has 1 aliphatic heterocycles. The Morgan fingerprint density at radius 2 is 2.14 bits per heavy atom. The summed E-state index contributed by atoms with van der Waals surface area (Å²) in [5.41, 5.74) is 1.35. The molecular weight excluding hydrogens is 258 g/mol. The monoisotopic (exact) mass is 285 g/mol. The number of benzene rings is 1. The number of hydrogen-bond acceptors (Lipinski definition) is 2. The van der Waals surface area contributed by atoms with Crippen molar-refractivity contribution in [3.8, 4) is 0 Å². The Morgan fingerprint density at radius 3 is 3.05 bits per heavy atom. The van der Waals surface area contributed by atoms with Crippen LogP contribution >= 0.6 is 0 Å². The van der Waals surface area contributed by atoms with Crippen molar-refractivity contribution in [2.45, 2.75) is 25.8 Å². The van der Waals surface area contributed by atoms with Gasteiger partial charge in [-0.05, 0) is 69.4 Å². The molecular formula is C18H27N3. The molecule has 3 heteroatoms. The van der Waals surface area contributed by atoms with Gasteiger partial charge in [-0.2, -0.15) is 0 Å². The third-order valence-electron chi connectivity index (χ3n) is 4.59. The number of aromatic nitrogens is 1. The number of hydrogen-bond donors (Lipinski definition) is 1. The average molecular weight is 285 g/mol. The van der Waals surface area contributed by atoms with Gasteiger partial charge in [0.05, 0.1) is 0 Å². The van der Waals surface area contributed by atoms with Crippen LogP contribution in [0.15, 0.2) is 36.5 Å². The van der Waals surface area contributed by atoms with E-state index in [9.17, 15) is 0 Å². The van der Waals surface area contributed by atoms with Crippen LogP contribution in [-0.2, 0) is 6.54 Å². The quantitative estimate of drug-likeness (QED) is 0.824. The van der Waals surface area contributed by atoms with Crippen molar-refractivity contribution in [1.82, 2.24) is 14.8 Å². The maximum Gasteiger partial charge on any atom is 0.0480 e. The summed E-state index contributed by atoms with van der Waals surface area (Å²) in [5.74, 6) is 0.844. The fourth-order valence-electron chi connectivity index (χ4n) is 3.46. The van der Waals surface area contributed by atoms with Gasteiger partial charge in [-0.1, -0.05) is 18.2 Å². The predicted molar refractivity (Wildman–Crippen MR) is 89.6 cm³/mol. The summed E-state index contributed by atoms with van der Waals surface area (Å²) in [6.45, 7) is 5.93. The minimum Gasteiger partial charge on any atom is -0.347 e. The van der Waals surface area contributed by atoms with Gasteiger partial charge in [0.1, 0.15) is 0 Å². The molecule has 1 atom stereocenters. The predicted octanol–water partition coefficient (Wildman–Crippen LogP) is 2.96. The Morgan fingerprint density at radius 1 is 1.24 bits per heavy atom. The average Bonchev–Trinajstić information content (AvgIpc) is 2.90. The van der Waals surface area contributed by atoms with Gasteiger partial charge in [-0.15, -0.1) is 0 Å². The van der Waals surface area contributed by atoms with Crippen molar-refractivity contribution < 1.29 is 0 Å². The minimum absolute atomic E-state index is 0.844. The van der Waals surface area contributed by atoms with E-state index in [4.69, 9.17) is 0 Å². The molecule has 1 aromatic carbocycles. The highest BCUT2D eigenvalue weighted by Crippen LogP contribution is 2.15. The molecule has 3 rings (SSSR count). The van der Waals surface area contributed by atoms with E-state index < -0.39 is 0 Å². The van der Waals surface area contributed by atoms with E-state index in [1.54, 1.807) is 0 Å². The first kappa shape index (κ1) is 14.6.